The fourth-order valence-electron chi connectivity index (χ4n) is 1.46. The molecule has 0 aliphatic carbocycles. The van der Waals surface area contributed by atoms with E-state index in [1.807, 2.05) is 18.2 Å². The third-order valence-electron chi connectivity index (χ3n) is 2.21. The Labute approximate surface area is 108 Å². The molecular formula is C13H22N2O3. The van der Waals surface area contributed by atoms with E-state index in [2.05, 4.69) is 12.2 Å². The summed E-state index contributed by atoms with van der Waals surface area (Å²) in [6, 6.07) is 5.58. The van der Waals surface area contributed by atoms with Crippen LogP contribution in [0.3, 0.4) is 0 Å². The molecule has 0 unspecified atom stereocenters. The van der Waals surface area contributed by atoms with E-state index in [-0.39, 0.29) is 6.61 Å². The van der Waals surface area contributed by atoms with Gasteiger partial charge in [-0.25, -0.2) is 0 Å². The van der Waals surface area contributed by atoms with Gasteiger partial charge in [-0.1, -0.05) is 6.92 Å². The molecule has 18 heavy (non-hydrogen) atoms. The molecule has 4 N–H and O–H groups in total. The zero-order valence-electron chi connectivity index (χ0n) is 10.8. The van der Waals surface area contributed by atoms with Crippen LogP contribution in [0.15, 0.2) is 18.2 Å². The van der Waals surface area contributed by atoms with Crippen LogP contribution in [0.2, 0.25) is 0 Å². The SMILES string of the molecule is CCCOc1cc(N)cc(NCCOCCO)c1. The average molecular weight is 254 g/mol. The second-order valence-electron chi connectivity index (χ2n) is 3.90. The molecule has 0 saturated carbocycles. The van der Waals surface area contributed by atoms with Crippen molar-refractivity contribution in [2.24, 2.45) is 0 Å². The third kappa shape index (κ3) is 5.75. The first-order valence-electron chi connectivity index (χ1n) is 6.22. The van der Waals surface area contributed by atoms with Gasteiger partial charge in [0.2, 0.25) is 0 Å². The minimum atomic E-state index is 0.0489. The topological polar surface area (TPSA) is 76.7 Å². The van der Waals surface area contributed by atoms with Gasteiger partial charge in [0.05, 0.1) is 26.4 Å². The molecule has 0 atom stereocenters. The van der Waals surface area contributed by atoms with E-state index in [9.17, 15) is 0 Å². The highest BCUT2D eigenvalue weighted by Crippen LogP contribution is 2.22. The second-order valence-corrected chi connectivity index (χ2v) is 3.90. The first-order valence-corrected chi connectivity index (χ1v) is 6.22. The van der Waals surface area contributed by atoms with E-state index in [0.717, 1.165) is 17.9 Å². The minimum Gasteiger partial charge on any atom is -0.493 e. The van der Waals surface area contributed by atoms with Crippen molar-refractivity contribution in [1.29, 1.82) is 0 Å². The van der Waals surface area contributed by atoms with Crippen molar-refractivity contribution in [2.75, 3.05) is 44.0 Å². The van der Waals surface area contributed by atoms with Crippen LogP contribution in [0.4, 0.5) is 11.4 Å². The number of aliphatic hydroxyl groups is 1. The Morgan fingerprint density at radius 3 is 2.78 bits per heavy atom. The largest absolute Gasteiger partial charge is 0.493 e. The Hall–Kier alpha value is -1.46. The Morgan fingerprint density at radius 1 is 1.22 bits per heavy atom. The highest BCUT2D eigenvalue weighted by molar-refractivity contribution is 5.59. The maximum atomic E-state index is 8.56. The molecule has 0 fully saturated rings. The van der Waals surface area contributed by atoms with E-state index in [1.165, 1.54) is 0 Å². The summed E-state index contributed by atoms with van der Waals surface area (Å²) in [5.74, 6) is 0.774. The average Bonchev–Trinajstić information content (AvgIpc) is 2.35. The molecule has 0 amide bonds. The quantitative estimate of drug-likeness (QED) is 0.459. The van der Waals surface area contributed by atoms with E-state index < -0.39 is 0 Å². The van der Waals surface area contributed by atoms with Gasteiger partial charge < -0.3 is 25.6 Å². The molecule has 0 aliphatic rings. The molecule has 0 aliphatic heterocycles. The number of rotatable bonds is 9. The van der Waals surface area contributed by atoms with Crippen LogP contribution >= 0.6 is 0 Å². The number of nitrogens with two attached hydrogens (primary N) is 1. The zero-order valence-corrected chi connectivity index (χ0v) is 10.8. The maximum absolute atomic E-state index is 8.56. The van der Waals surface area contributed by atoms with E-state index in [0.29, 0.717) is 32.1 Å². The van der Waals surface area contributed by atoms with E-state index >= 15 is 0 Å². The Kier molecular flexibility index (Phi) is 6.98. The number of nitrogen functional groups attached to an aromatic ring is 1. The van der Waals surface area contributed by atoms with Crippen LogP contribution in [-0.4, -0.2) is 38.1 Å². The van der Waals surface area contributed by atoms with Crippen LogP contribution in [0.5, 0.6) is 5.75 Å². The maximum Gasteiger partial charge on any atom is 0.123 e. The third-order valence-corrected chi connectivity index (χ3v) is 2.21. The van der Waals surface area contributed by atoms with Crippen LogP contribution in [-0.2, 0) is 4.74 Å². The number of hydrogen-bond donors (Lipinski definition) is 3. The van der Waals surface area contributed by atoms with Crippen LogP contribution in [0, 0.1) is 0 Å². The molecule has 0 saturated heterocycles. The number of ether oxygens (including phenoxy) is 2. The number of hydrogen-bond acceptors (Lipinski definition) is 5. The molecule has 5 heteroatoms. The lowest BCUT2D eigenvalue weighted by Crippen LogP contribution is -2.11. The summed E-state index contributed by atoms with van der Waals surface area (Å²) in [7, 11) is 0. The summed E-state index contributed by atoms with van der Waals surface area (Å²) >= 11 is 0. The first kappa shape index (κ1) is 14.6. The molecule has 0 bridgehead atoms. The second kappa shape index (κ2) is 8.60. The van der Waals surface area contributed by atoms with Crippen molar-refractivity contribution in [3.05, 3.63) is 18.2 Å². The summed E-state index contributed by atoms with van der Waals surface area (Å²) in [5.41, 5.74) is 7.38. The van der Waals surface area contributed by atoms with Crippen molar-refractivity contribution in [3.63, 3.8) is 0 Å². The number of benzene rings is 1. The Balaban J connectivity index is 2.41. The molecule has 1 aromatic rings. The van der Waals surface area contributed by atoms with Gasteiger partial charge in [-0.3, -0.25) is 0 Å². The highest BCUT2D eigenvalue weighted by Gasteiger charge is 1.99. The summed E-state index contributed by atoms with van der Waals surface area (Å²) in [5, 5.41) is 11.8. The fraction of sp³-hybridized carbons (Fsp3) is 0.538. The van der Waals surface area contributed by atoms with Gasteiger partial charge in [-0.05, 0) is 12.5 Å². The van der Waals surface area contributed by atoms with Crippen LogP contribution in [0.25, 0.3) is 0 Å². The van der Waals surface area contributed by atoms with Crippen LogP contribution in [0.1, 0.15) is 13.3 Å². The standard InChI is InChI=1S/C13H22N2O3/c1-2-5-18-13-9-11(14)8-12(10-13)15-3-6-17-7-4-16/h8-10,15-16H,2-7,14H2,1H3. The van der Waals surface area contributed by atoms with Gasteiger partial charge in [-0.15, -0.1) is 0 Å². The van der Waals surface area contributed by atoms with Crippen LogP contribution < -0.4 is 15.8 Å². The minimum absolute atomic E-state index is 0.0489. The van der Waals surface area contributed by atoms with Gasteiger partial charge in [0.1, 0.15) is 5.75 Å². The first-order chi connectivity index (χ1) is 8.76. The van der Waals surface area contributed by atoms with Gasteiger partial charge in [-0.2, -0.15) is 0 Å². The molecule has 5 nitrogen and oxygen atoms in total. The number of anilines is 2. The van der Waals surface area contributed by atoms with Crippen molar-refractivity contribution >= 4 is 11.4 Å². The monoisotopic (exact) mass is 254 g/mol. The van der Waals surface area contributed by atoms with Gasteiger partial charge in [0.15, 0.2) is 0 Å². The predicted molar refractivity (Wildman–Crippen MR) is 73.0 cm³/mol. The summed E-state index contributed by atoms with van der Waals surface area (Å²) in [4.78, 5) is 0. The molecular weight excluding hydrogens is 232 g/mol. The lowest BCUT2D eigenvalue weighted by molar-refractivity contribution is 0.0992. The molecule has 0 heterocycles. The van der Waals surface area contributed by atoms with Gasteiger partial charge in [0.25, 0.3) is 0 Å². The summed E-state index contributed by atoms with van der Waals surface area (Å²) in [6.07, 6.45) is 0.965. The molecule has 0 radical (unpaired) electrons. The Bertz CT molecular complexity index is 345. The van der Waals surface area contributed by atoms with E-state index in [4.69, 9.17) is 20.3 Å². The zero-order chi connectivity index (χ0) is 13.2. The molecule has 0 spiro atoms. The van der Waals surface area contributed by atoms with Crippen molar-refractivity contribution in [2.45, 2.75) is 13.3 Å². The molecule has 1 aromatic carbocycles. The summed E-state index contributed by atoms with van der Waals surface area (Å²) in [6.45, 7) is 4.36. The smallest absolute Gasteiger partial charge is 0.123 e. The molecule has 102 valence electrons. The van der Waals surface area contributed by atoms with E-state index in [1.54, 1.807) is 0 Å². The summed E-state index contributed by atoms with van der Waals surface area (Å²) < 4.78 is 10.7. The van der Waals surface area contributed by atoms with Crippen molar-refractivity contribution in [3.8, 4) is 5.75 Å². The number of aliphatic hydroxyl groups excluding tert-OH is 1. The van der Waals surface area contributed by atoms with Gasteiger partial charge in [0, 0.05) is 30.1 Å². The predicted octanol–water partition coefficient (Wildman–Crippen LogP) is 1.48. The van der Waals surface area contributed by atoms with Crippen molar-refractivity contribution < 1.29 is 14.6 Å². The van der Waals surface area contributed by atoms with Gasteiger partial charge >= 0.3 is 0 Å². The lowest BCUT2D eigenvalue weighted by atomic mass is 10.2. The fourth-order valence-corrected chi connectivity index (χ4v) is 1.46. The number of nitrogens with one attached hydrogen (secondary N) is 1. The molecule has 1 rings (SSSR count). The normalized spacial score (nSPS) is 10.3. The lowest BCUT2D eigenvalue weighted by Gasteiger charge is -2.11. The molecule has 0 aromatic heterocycles. The Morgan fingerprint density at radius 2 is 2.06 bits per heavy atom. The van der Waals surface area contributed by atoms with Crippen molar-refractivity contribution in [1.82, 2.24) is 0 Å². The highest BCUT2D eigenvalue weighted by atomic mass is 16.5.